The van der Waals surface area contributed by atoms with Crippen molar-refractivity contribution in [2.24, 2.45) is 5.10 Å². The van der Waals surface area contributed by atoms with E-state index in [0.29, 0.717) is 11.1 Å². The number of nitrogens with zero attached hydrogens (tertiary/aromatic N) is 1. The Morgan fingerprint density at radius 2 is 1.57 bits per heavy atom. The average Bonchev–Trinajstić information content (AvgIpc) is 2.65. The highest BCUT2D eigenvalue weighted by Crippen LogP contribution is 2.28. The Hall–Kier alpha value is -3.88. The van der Waals surface area contributed by atoms with Gasteiger partial charge in [-0.25, -0.2) is 5.43 Å². The van der Waals surface area contributed by atoms with E-state index in [1.165, 1.54) is 24.4 Å². The highest BCUT2D eigenvalue weighted by Gasteiger charge is 2.08. The highest BCUT2D eigenvalue weighted by molar-refractivity contribution is 5.95. The van der Waals surface area contributed by atoms with Crippen molar-refractivity contribution >= 4 is 24.1 Å². The third-order valence-corrected chi connectivity index (χ3v) is 3.35. The molecule has 0 aliphatic rings. The van der Waals surface area contributed by atoms with Gasteiger partial charge < -0.3 is 29.3 Å². The van der Waals surface area contributed by atoms with Crippen molar-refractivity contribution in [3.8, 4) is 11.5 Å². The lowest BCUT2D eigenvalue weighted by atomic mass is 10.1. The van der Waals surface area contributed by atoms with Crippen molar-refractivity contribution in [3.63, 3.8) is 0 Å². The van der Waals surface area contributed by atoms with Gasteiger partial charge in [-0.05, 0) is 42.8 Å². The molecule has 0 saturated heterocycles. The zero-order valence-electron chi connectivity index (χ0n) is 14.8. The number of aliphatic carboxylic acids is 2. The SMILES string of the molecule is Cc1ccc(C(=O)N/N=C\c2ccc(OCC(=O)[O-])c(OCC(=O)[O-])c2)cc1. The monoisotopic (exact) mass is 384 g/mol. The highest BCUT2D eigenvalue weighted by atomic mass is 16.5. The lowest BCUT2D eigenvalue weighted by Crippen LogP contribution is -2.30. The molecule has 0 unspecified atom stereocenters. The number of ether oxygens (including phenoxy) is 2. The second-order valence-electron chi connectivity index (χ2n) is 5.59. The lowest BCUT2D eigenvalue weighted by molar-refractivity contribution is -0.309. The van der Waals surface area contributed by atoms with Crippen molar-refractivity contribution < 1.29 is 34.1 Å². The molecule has 2 rings (SSSR count). The van der Waals surface area contributed by atoms with Crippen LogP contribution >= 0.6 is 0 Å². The van der Waals surface area contributed by atoms with Crippen LogP contribution in [0, 0.1) is 6.92 Å². The van der Waals surface area contributed by atoms with Crippen LogP contribution in [0.2, 0.25) is 0 Å². The van der Waals surface area contributed by atoms with Crippen LogP contribution in [0.25, 0.3) is 0 Å². The molecule has 0 heterocycles. The van der Waals surface area contributed by atoms with Gasteiger partial charge in [0.15, 0.2) is 11.5 Å². The first kappa shape index (κ1) is 20.4. The topological polar surface area (TPSA) is 140 Å². The molecular formula is C19H16N2O7-2. The standard InChI is InChI=1S/C19H18N2O7/c1-12-2-5-14(6-3-12)19(26)21-20-9-13-4-7-15(27-10-17(22)23)16(8-13)28-11-18(24)25/h2-9H,10-11H2,1H3,(H,21,26)(H,22,23)(H,24,25)/p-2/b20-9-. The molecule has 2 aromatic carbocycles. The fourth-order valence-corrected chi connectivity index (χ4v) is 2.05. The van der Waals surface area contributed by atoms with E-state index in [4.69, 9.17) is 9.47 Å². The van der Waals surface area contributed by atoms with E-state index >= 15 is 0 Å². The minimum atomic E-state index is -1.46. The van der Waals surface area contributed by atoms with Crippen LogP contribution in [0.3, 0.4) is 0 Å². The van der Waals surface area contributed by atoms with E-state index in [1.807, 2.05) is 6.92 Å². The van der Waals surface area contributed by atoms with Crippen molar-refractivity contribution in [2.45, 2.75) is 6.92 Å². The van der Waals surface area contributed by atoms with Gasteiger partial charge in [0.2, 0.25) is 0 Å². The van der Waals surface area contributed by atoms with Gasteiger partial charge in [0.1, 0.15) is 13.2 Å². The fourth-order valence-electron chi connectivity index (χ4n) is 2.05. The molecule has 146 valence electrons. The normalized spacial score (nSPS) is 10.5. The molecule has 0 aliphatic carbocycles. The minimum Gasteiger partial charge on any atom is -0.546 e. The molecule has 9 heteroatoms. The summed E-state index contributed by atoms with van der Waals surface area (Å²) in [7, 11) is 0. The number of carbonyl (C=O) groups is 3. The summed E-state index contributed by atoms with van der Waals surface area (Å²) in [6.07, 6.45) is 1.31. The second kappa shape index (κ2) is 9.72. The number of aryl methyl sites for hydroxylation is 1. The molecule has 0 spiro atoms. The summed E-state index contributed by atoms with van der Waals surface area (Å²) in [6.45, 7) is 0.411. The summed E-state index contributed by atoms with van der Waals surface area (Å²) >= 11 is 0. The zero-order valence-corrected chi connectivity index (χ0v) is 14.8. The van der Waals surface area contributed by atoms with Crippen LogP contribution in [0.1, 0.15) is 21.5 Å². The summed E-state index contributed by atoms with van der Waals surface area (Å²) in [5.74, 6) is -3.34. The smallest absolute Gasteiger partial charge is 0.271 e. The molecule has 0 aliphatic heterocycles. The van der Waals surface area contributed by atoms with E-state index in [2.05, 4.69) is 10.5 Å². The Labute approximate surface area is 160 Å². The van der Waals surface area contributed by atoms with E-state index in [-0.39, 0.29) is 11.5 Å². The van der Waals surface area contributed by atoms with Crippen molar-refractivity contribution in [2.75, 3.05) is 13.2 Å². The molecular weight excluding hydrogens is 368 g/mol. The van der Waals surface area contributed by atoms with E-state index < -0.39 is 31.1 Å². The molecule has 1 amide bonds. The van der Waals surface area contributed by atoms with E-state index in [9.17, 15) is 24.6 Å². The molecule has 0 saturated carbocycles. The van der Waals surface area contributed by atoms with Gasteiger partial charge in [-0.3, -0.25) is 4.79 Å². The summed E-state index contributed by atoms with van der Waals surface area (Å²) in [6, 6.07) is 11.2. The van der Waals surface area contributed by atoms with Crippen LogP contribution in [0.15, 0.2) is 47.6 Å². The summed E-state index contributed by atoms with van der Waals surface area (Å²) in [4.78, 5) is 33.1. The predicted octanol–water partition coefficient (Wildman–Crippen LogP) is -0.984. The van der Waals surface area contributed by atoms with Crippen LogP contribution < -0.4 is 25.1 Å². The predicted molar refractivity (Wildman–Crippen MR) is 93.7 cm³/mol. The number of carboxylic acids is 2. The van der Waals surface area contributed by atoms with Crippen molar-refractivity contribution in [1.82, 2.24) is 5.43 Å². The van der Waals surface area contributed by atoms with Gasteiger partial charge in [-0.1, -0.05) is 17.7 Å². The Morgan fingerprint density at radius 3 is 2.18 bits per heavy atom. The van der Waals surface area contributed by atoms with Crippen LogP contribution in [-0.2, 0) is 9.59 Å². The maximum absolute atomic E-state index is 12.0. The van der Waals surface area contributed by atoms with Crippen LogP contribution in [-0.4, -0.2) is 37.3 Å². The third-order valence-electron chi connectivity index (χ3n) is 3.35. The maximum atomic E-state index is 12.0. The molecule has 0 radical (unpaired) electrons. The van der Waals surface area contributed by atoms with Crippen LogP contribution in [0.5, 0.6) is 11.5 Å². The number of hydrogen-bond acceptors (Lipinski definition) is 8. The first-order valence-electron chi connectivity index (χ1n) is 8.04. The molecule has 0 atom stereocenters. The number of benzene rings is 2. The molecule has 0 bridgehead atoms. The van der Waals surface area contributed by atoms with Gasteiger partial charge in [-0.2, -0.15) is 5.10 Å². The number of hydrogen-bond donors (Lipinski definition) is 1. The van der Waals surface area contributed by atoms with Gasteiger partial charge >= 0.3 is 0 Å². The molecule has 1 N–H and O–H groups in total. The first-order valence-corrected chi connectivity index (χ1v) is 8.04. The Kier molecular flexibility index (Phi) is 7.09. The maximum Gasteiger partial charge on any atom is 0.271 e. The van der Waals surface area contributed by atoms with Crippen LogP contribution in [0.4, 0.5) is 0 Å². The largest absolute Gasteiger partial charge is 0.546 e. The number of carbonyl (C=O) groups excluding carboxylic acids is 3. The number of carboxylic acid groups (broad SMARTS) is 2. The molecule has 0 aromatic heterocycles. The van der Waals surface area contributed by atoms with E-state index in [1.54, 1.807) is 24.3 Å². The lowest BCUT2D eigenvalue weighted by Gasteiger charge is -2.14. The quantitative estimate of drug-likeness (QED) is 0.433. The fraction of sp³-hybridized carbons (Fsp3) is 0.158. The Balaban J connectivity index is 2.08. The van der Waals surface area contributed by atoms with E-state index in [0.717, 1.165) is 5.56 Å². The summed E-state index contributed by atoms with van der Waals surface area (Å²) < 4.78 is 10.0. The number of amides is 1. The average molecular weight is 384 g/mol. The van der Waals surface area contributed by atoms with Crippen molar-refractivity contribution in [1.29, 1.82) is 0 Å². The minimum absolute atomic E-state index is 0.00582. The van der Waals surface area contributed by atoms with Gasteiger partial charge in [0.25, 0.3) is 5.91 Å². The van der Waals surface area contributed by atoms with Gasteiger partial charge in [0.05, 0.1) is 18.2 Å². The molecule has 28 heavy (non-hydrogen) atoms. The third kappa shape index (κ3) is 6.45. The summed E-state index contributed by atoms with van der Waals surface area (Å²) in [5, 5.41) is 24.9. The van der Waals surface area contributed by atoms with Crippen molar-refractivity contribution in [3.05, 3.63) is 59.2 Å². The molecule has 0 fully saturated rings. The number of rotatable bonds is 9. The van der Waals surface area contributed by atoms with Gasteiger partial charge in [-0.15, -0.1) is 0 Å². The first-order chi connectivity index (χ1) is 13.3. The Morgan fingerprint density at radius 1 is 0.964 bits per heavy atom. The summed E-state index contributed by atoms with van der Waals surface area (Å²) in [5.41, 5.74) is 4.26. The zero-order chi connectivity index (χ0) is 20.5. The number of hydrazone groups is 1. The second-order valence-corrected chi connectivity index (χ2v) is 5.59. The van der Waals surface area contributed by atoms with Gasteiger partial charge in [0, 0.05) is 5.56 Å². The molecule has 2 aromatic rings. The Bertz CT molecular complexity index is 892. The number of nitrogens with one attached hydrogen (secondary N) is 1. The molecule has 9 nitrogen and oxygen atoms in total.